The van der Waals surface area contributed by atoms with Crippen molar-refractivity contribution in [2.75, 3.05) is 17.1 Å². The van der Waals surface area contributed by atoms with E-state index in [4.69, 9.17) is 23.2 Å². The van der Waals surface area contributed by atoms with Crippen molar-refractivity contribution in [3.05, 3.63) is 64.1 Å². The van der Waals surface area contributed by atoms with Crippen LogP contribution in [0.1, 0.15) is 52.0 Å². The number of anilines is 1. The quantitative estimate of drug-likeness (QED) is 0.365. The molecule has 2 amide bonds. The van der Waals surface area contributed by atoms with Gasteiger partial charge >= 0.3 is 0 Å². The van der Waals surface area contributed by atoms with Crippen molar-refractivity contribution in [3.63, 3.8) is 0 Å². The molecule has 0 aliphatic rings. The molecule has 0 spiro atoms. The van der Waals surface area contributed by atoms with Gasteiger partial charge in [0.25, 0.3) is 0 Å². The monoisotopic (exact) mass is 555 g/mol. The summed E-state index contributed by atoms with van der Waals surface area (Å²) in [5.41, 5.74) is 1.29. The minimum absolute atomic E-state index is 0.0138. The summed E-state index contributed by atoms with van der Waals surface area (Å²) < 4.78 is 26.1. The Morgan fingerprint density at radius 1 is 1.00 bits per heavy atom. The molecule has 0 radical (unpaired) electrons. The molecule has 0 saturated carbocycles. The number of sulfonamides is 1. The average Bonchev–Trinajstić information content (AvgIpc) is 2.81. The van der Waals surface area contributed by atoms with Gasteiger partial charge < -0.3 is 10.2 Å². The summed E-state index contributed by atoms with van der Waals surface area (Å²) in [5, 5.41) is 3.98. The fourth-order valence-electron chi connectivity index (χ4n) is 3.78. The van der Waals surface area contributed by atoms with Crippen molar-refractivity contribution < 1.29 is 18.0 Å². The van der Waals surface area contributed by atoms with Gasteiger partial charge in [-0.25, -0.2) is 8.42 Å². The van der Waals surface area contributed by atoms with Crippen molar-refractivity contribution in [3.8, 4) is 0 Å². The minimum atomic E-state index is -3.58. The van der Waals surface area contributed by atoms with Crippen molar-refractivity contribution in [2.45, 2.75) is 65.1 Å². The van der Waals surface area contributed by atoms with E-state index in [-0.39, 0.29) is 43.8 Å². The van der Waals surface area contributed by atoms with Crippen LogP contribution in [0.15, 0.2) is 48.5 Å². The van der Waals surface area contributed by atoms with Crippen molar-refractivity contribution in [2.24, 2.45) is 0 Å². The summed E-state index contributed by atoms with van der Waals surface area (Å²) in [6.07, 6.45) is 2.69. The van der Waals surface area contributed by atoms with Gasteiger partial charge in [-0.3, -0.25) is 13.9 Å². The highest BCUT2D eigenvalue weighted by molar-refractivity contribution is 7.92. The first kappa shape index (κ1) is 29.9. The number of hydrogen-bond donors (Lipinski definition) is 1. The van der Waals surface area contributed by atoms with E-state index < -0.39 is 16.1 Å². The molecular formula is C26H35Cl2N3O4S. The number of nitrogens with zero attached hydrogens (tertiary/aromatic N) is 2. The molecule has 0 heterocycles. The first-order valence-corrected chi connectivity index (χ1v) is 14.6. The van der Waals surface area contributed by atoms with Crippen LogP contribution < -0.4 is 9.62 Å². The van der Waals surface area contributed by atoms with Crippen LogP contribution in [0.2, 0.25) is 10.0 Å². The fourth-order valence-corrected chi connectivity index (χ4v) is 5.05. The van der Waals surface area contributed by atoms with Gasteiger partial charge in [0.05, 0.1) is 11.9 Å². The maximum Gasteiger partial charge on any atom is 0.243 e. The highest BCUT2D eigenvalue weighted by atomic mass is 35.5. The Labute approximate surface area is 224 Å². The van der Waals surface area contributed by atoms with Gasteiger partial charge in [0.15, 0.2) is 0 Å². The molecule has 0 aliphatic carbocycles. The Balaban J connectivity index is 2.22. The van der Waals surface area contributed by atoms with Crippen molar-refractivity contribution in [1.82, 2.24) is 10.2 Å². The van der Waals surface area contributed by atoms with Gasteiger partial charge in [-0.1, -0.05) is 55.2 Å². The Hall–Kier alpha value is -2.29. The molecule has 36 heavy (non-hydrogen) atoms. The van der Waals surface area contributed by atoms with Crippen LogP contribution in [-0.2, 0) is 26.2 Å². The molecule has 2 atom stereocenters. The lowest BCUT2D eigenvalue weighted by Gasteiger charge is -2.32. The molecule has 10 heteroatoms. The number of carbonyl (C=O) groups excluding carboxylic acids is 2. The number of carbonyl (C=O) groups is 2. The van der Waals surface area contributed by atoms with Crippen LogP contribution in [0.25, 0.3) is 0 Å². The second-order valence-corrected chi connectivity index (χ2v) is 11.6. The molecule has 0 bridgehead atoms. The first-order valence-electron chi connectivity index (χ1n) is 12.0. The van der Waals surface area contributed by atoms with Gasteiger partial charge in [-0.05, 0) is 62.1 Å². The van der Waals surface area contributed by atoms with E-state index in [1.54, 1.807) is 41.3 Å². The van der Waals surface area contributed by atoms with Gasteiger partial charge in [-0.2, -0.15) is 0 Å². The SMILES string of the molecule is CC[C@H](C)NC(=O)[C@H](CC)N(Cc1ccc(Cl)cc1)C(=O)CCCN(c1cccc(Cl)c1)S(C)(=O)=O. The molecule has 2 aromatic carbocycles. The lowest BCUT2D eigenvalue weighted by Crippen LogP contribution is -2.50. The molecule has 2 rings (SSSR count). The summed E-state index contributed by atoms with van der Waals surface area (Å²) >= 11 is 12.1. The van der Waals surface area contributed by atoms with Crippen LogP contribution in [0, 0.1) is 0 Å². The molecule has 1 N–H and O–H groups in total. The third-order valence-corrected chi connectivity index (χ3v) is 7.58. The summed E-state index contributed by atoms with van der Waals surface area (Å²) in [6.45, 7) is 6.12. The van der Waals surface area contributed by atoms with Crippen molar-refractivity contribution in [1.29, 1.82) is 0 Å². The minimum Gasteiger partial charge on any atom is -0.352 e. The summed E-state index contributed by atoms with van der Waals surface area (Å²) in [4.78, 5) is 28.0. The first-order chi connectivity index (χ1) is 17.0. The molecule has 0 saturated heterocycles. The van der Waals surface area contributed by atoms with Crippen LogP contribution in [0.5, 0.6) is 0 Å². The zero-order valence-corrected chi connectivity index (χ0v) is 23.5. The van der Waals surface area contributed by atoms with E-state index >= 15 is 0 Å². The molecule has 0 aromatic heterocycles. The van der Waals surface area contributed by atoms with Crippen LogP contribution in [0.4, 0.5) is 5.69 Å². The van der Waals surface area contributed by atoms with Gasteiger partial charge in [0.1, 0.15) is 6.04 Å². The number of rotatable bonds is 13. The van der Waals surface area contributed by atoms with Gasteiger partial charge in [0, 0.05) is 35.6 Å². The van der Waals surface area contributed by atoms with E-state index in [9.17, 15) is 18.0 Å². The summed E-state index contributed by atoms with van der Waals surface area (Å²) in [7, 11) is -3.58. The number of halogens is 2. The fraction of sp³-hybridized carbons (Fsp3) is 0.462. The molecule has 7 nitrogen and oxygen atoms in total. The summed E-state index contributed by atoms with van der Waals surface area (Å²) in [6, 6.07) is 13.1. The standard InChI is InChI=1S/C26H35Cl2N3O4S/c1-5-19(3)29-26(33)24(6-2)30(18-20-12-14-21(27)15-13-20)25(32)11-8-16-31(36(4,34)35)23-10-7-9-22(28)17-23/h7,9-10,12-15,17,19,24H,5-6,8,11,16,18H2,1-4H3,(H,29,33)/t19-,24-/m0/s1. The normalized spacial score (nSPS) is 13.1. The second-order valence-electron chi connectivity index (χ2n) is 8.81. The number of amides is 2. The van der Waals surface area contributed by atoms with Gasteiger partial charge in [-0.15, -0.1) is 0 Å². The van der Waals surface area contributed by atoms with E-state index in [1.165, 1.54) is 4.31 Å². The van der Waals surface area contributed by atoms with E-state index in [0.29, 0.717) is 22.2 Å². The Morgan fingerprint density at radius 2 is 1.67 bits per heavy atom. The average molecular weight is 557 g/mol. The second kappa shape index (κ2) is 13.9. The van der Waals surface area contributed by atoms with Crippen LogP contribution in [0.3, 0.4) is 0 Å². The van der Waals surface area contributed by atoms with Crippen molar-refractivity contribution >= 4 is 50.7 Å². The van der Waals surface area contributed by atoms with Gasteiger partial charge in [0.2, 0.25) is 21.8 Å². The molecule has 0 unspecified atom stereocenters. The summed E-state index contributed by atoms with van der Waals surface area (Å²) in [5.74, 6) is -0.429. The lowest BCUT2D eigenvalue weighted by atomic mass is 10.1. The number of hydrogen-bond acceptors (Lipinski definition) is 4. The largest absolute Gasteiger partial charge is 0.352 e. The van der Waals surface area contributed by atoms with E-state index in [0.717, 1.165) is 18.2 Å². The molecule has 2 aromatic rings. The van der Waals surface area contributed by atoms with Crippen LogP contribution >= 0.6 is 23.2 Å². The Bertz CT molecular complexity index is 1130. The van der Waals surface area contributed by atoms with Crippen LogP contribution in [-0.4, -0.2) is 50.0 Å². The molecular weight excluding hydrogens is 521 g/mol. The Kier molecular flexibility index (Phi) is 11.5. The highest BCUT2D eigenvalue weighted by Gasteiger charge is 2.29. The molecule has 0 fully saturated rings. The van der Waals surface area contributed by atoms with E-state index in [2.05, 4.69) is 5.32 Å². The number of benzene rings is 2. The smallest absolute Gasteiger partial charge is 0.243 e. The predicted molar refractivity (Wildman–Crippen MR) is 147 cm³/mol. The molecule has 0 aliphatic heterocycles. The highest BCUT2D eigenvalue weighted by Crippen LogP contribution is 2.23. The van der Waals surface area contributed by atoms with E-state index in [1.807, 2.05) is 32.9 Å². The Morgan fingerprint density at radius 3 is 2.22 bits per heavy atom. The third-order valence-electron chi connectivity index (χ3n) is 5.90. The number of nitrogens with one attached hydrogen (secondary N) is 1. The maximum absolute atomic E-state index is 13.4. The zero-order chi connectivity index (χ0) is 26.9. The third kappa shape index (κ3) is 8.98. The molecule has 198 valence electrons. The predicted octanol–water partition coefficient (Wildman–Crippen LogP) is 5.26. The lowest BCUT2D eigenvalue weighted by molar-refractivity contribution is -0.141. The maximum atomic E-state index is 13.4. The topological polar surface area (TPSA) is 86.8 Å². The zero-order valence-electron chi connectivity index (χ0n) is 21.2.